The maximum Gasteiger partial charge on any atom is 0.257 e. The zero-order chi connectivity index (χ0) is 21.2. The monoisotopic (exact) mass is 408 g/mol. The van der Waals surface area contributed by atoms with Crippen LogP contribution in [-0.2, 0) is 6.42 Å². The Labute approximate surface area is 172 Å². The Hall–Kier alpha value is -3.45. The van der Waals surface area contributed by atoms with E-state index in [2.05, 4.69) is 6.58 Å². The molecule has 0 saturated carbocycles. The third kappa shape index (κ3) is 2.52. The van der Waals surface area contributed by atoms with E-state index in [0.29, 0.717) is 46.0 Å². The van der Waals surface area contributed by atoms with Gasteiger partial charge in [0.25, 0.3) is 6.29 Å². The summed E-state index contributed by atoms with van der Waals surface area (Å²) >= 11 is 0. The van der Waals surface area contributed by atoms with Gasteiger partial charge in [-0.15, -0.1) is 0 Å². The minimum Gasteiger partial charge on any atom is -0.493 e. The number of ether oxygens (including phenoxy) is 4. The Morgan fingerprint density at radius 3 is 2.57 bits per heavy atom. The highest BCUT2D eigenvalue weighted by atomic mass is 16.6. The predicted octanol–water partition coefficient (Wildman–Crippen LogP) is 3.74. The Bertz CT molecular complexity index is 1270. The summed E-state index contributed by atoms with van der Waals surface area (Å²) in [5.41, 5.74) is 2.52. The molecule has 0 amide bonds. The number of fused-ring (bicyclic) bond motifs is 6. The Morgan fingerprint density at radius 2 is 1.87 bits per heavy atom. The maximum atomic E-state index is 13.5. The third-order valence-corrected chi connectivity index (χ3v) is 5.57. The number of hydrogen-bond acceptors (Lipinski definition) is 7. The van der Waals surface area contributed by atoms with Crippen LogP contribution in [0, 0.1) is 0 Å². The topological polar surface area (TPSA) is 87.4 Å². The summed E-state index contributed by atoms with van der Waals surface area (Å²) in [6.07, 6.45) is -1.06. The molecule has 0 spiro atoms. The van der Waals surface area contributed by atoms with E-state index < -0.39 is 6.29 Å². The summed E-state index contributed by atoms with van der Waals surface area (Å²) in [5.74, 6) is 1.88. The van der Waals surface area contributed by atoms with E-state index in [1.54, 1.807) is 24.3 Å². The fourth-order valence-corrected chi connectivity index (χ4v) is 4.03. The average molecular weight is 408 g/mol. The van der Waals surface area contributed by atoms with E-state index in [-0.39, 0.29) is 22.9 Å². The molecule has 3 aromatic rings. The molecule has 0 fully saturated rings. The van der Waals surface area contributed by atoms with Crippen LogP contribution in [0.5, 0.6) is 23.0 Å². The predicted molar refractivity (Wildman–Crippen MR) is 110 cm³/mol. The van der Waals surface area contributed by atoms with Crippen molar-refractivity contribution >= 4 is 11.0 Å². The summed E-state index contributed by atoms with van der Waals surface area (Å²) in [6.45, 7) is 5.85. The first-order valence-electron chi connectivity index (χ1n) is 9.48. The van der Waals surface area contributed by atoms with Crippen molar-refractivity contribution in [3.05, 3.63) is 58.0 Å². The van der Waals surface area contributed by atoms with E-state index in [9.17, 15) is 9.90 Å². The molecule has 2 aliphatic rings. The minimum absolute atomic E-state index is 0.0550. The molecule has 2 aromatic carbocycles. The van der Waals surface area contributed by atoms with Crippen LogP contribution in [-0.4, -0.2) is 25.4 Å². The van der Waals surface area contributed by atoms with Crippen molar-refractivity contribution in [2.75, 3.05) is 14.2 Å². The van der Waals surface area contributed by atoms with Gasteiger partial charge in [-0.25, -0.2) is 0 Å². The summed E-state index contributed by atoms with van der Waals surface area (Å²) in [6, 6.07) is 6.69. The summed E-state index contributed by atoms with van der Waals surface area (Å²) in [4.78, 5) is 13.5. The van der Waals surface area contributed by atoms with E-state index >= 15 is 0 Å². The highest BCUT2D eigenvalue weighted by molar-refractivity contribution is 5.89. The number of aliphatic hydroxyl groups is 1. The lowest BCUT2D eigenvalue weighted by molar-refractivity contribution is -0.0377. The molecule has 154 valence electrons. The zero-order valence-electron chi connectivity index (χ0n) is 16.8. The van der Waals surface area contributed by atoms with Crippen LogP contribution in [0.15, 0.2) is 45.6 Å². The quantitative estimate of drug-likeness (QED) is 0.661. The molecular weight excluding hydrogens is 388 g/mol. The molecule has 7 nitrogen and oxygen atoms in total. The van der Waals surface area contributed by atoms with E-state index in [1.807, 2.05) is 6.92 Å². The van der Waals surface area contributed by atoms with E-state index in [4.69, 9.17) is 23.4 Å². The van der Waals surface area contributed by atoms with Gasteiger partial charge in [0, 0.05) is 23.6 Å². The van der Waals surface area contributed by atoms with Gasteiger partial charge in [0.05, 0.1) is 25.2 Å². The number of aliphatic hydroxyl groups excluding tert-OH is 1. The van der Waals surface area contributed by atoms with Crippen molar-refractivity contribution in [2.45, 2.75) is 25.7 Å². The molecular formula is C23H20O7. The van der Waals surface area contributed by atoms with Gasteiger partial charge in [0.15, 0.2) is 17.3 Å². The molecule has 1 N–H and O–H groups in total. The zero-order valence-corrected chi connectivity index (χ0v) is 16.8. The molecule has 0 radical (unpaired) electrons. The standard InChI is InChI=1S/C23H20O7/c1-10(2)15-8-13-14(28-15)6-5-11-20(24)19-12-7-17(26-3)18(27-4)9-16(12)29-23(25)22(19)30-21(11)13/h5-7,9,15,23,25H,1,8H2,2-4H3/t15-,23+/m1/s1. The SMILES string of the molecule is C=C(C)[C@H]1Cc2c(ccc3c(=O)c4c(oc23)[C@@H](O)Oc2cc(OC)c(OC)cc2-4)O1. The lowest BCUT2D eigenvalue weighted by atomic mass is 9.96. The maximum absolute atomic E-state index is 13.5. The first kappa shape index (κ1) is 18.6. The van der Waals surface area contributed by atoms with Crippen molar-refractivity contribution in [3.8, 4) is 34.1 Å². The minimum atomic E-state index is -1.43. The average Bonchev–Trinajstić information content (AvgIpc) is 3.18. The highest BCUT2D eigenvalue weighted by Crippen LogP contribution is 2.47. The normalized spacial score (nSPS) is 18.7. The number of rotatable bonds is 3. The van der Waals surface area contributed by atoms with Crippen LogP contribution in [0.1, 0.15) is 24.5 Å². The van der Waals surface area contributed by atoms with Crippen molar-refractivity contribution in [2.24, 2.45) is 0 Å². The van der Waals surface area contributed by atoms with E-state index in [1.165, 1.54) is 14.2 Å². The van der Waals surface area contributed by atoms with Crippen LogP contribution in [0.3, 0.4) is 0 Å². The number of methoxy groups -OCH3 is 2. The van der Waals surface area contributed by atoms with Crippen LogP contribution in [0.25, 0.3) is 22.1 Å². The van der Waals surface area contributed by atoms with Crippen molar-refractivity contribution in [3.63, 3.8) is 0 Å². The molecule has 2 atom stereocenters. The molecule has 3 heterocycles. The first-order valence-corrected chi connectivity index (χ1v) is 9.48. The second-order valence-electron chi connectivity index (χ2n) is 7.42. The van der Waals surface area contributed by atoms with Crippen molar-refractivity contribution in [1.82, 2.24) is 0 Å². The second-order valence-corrected chi connectivity index (χ2v) is 7.42. The lowest BCUT2D eigenvalue weighted by Gasteiger charge is -2.25. The smallest absolute Gasteiger partial charge is 0.257 e. The molecule has 0 unspecified atom stereocenters. The molecule has 0 aliphatic carbocycles. The fraction of sp³-hybridized carbons (Fsp3) is 0.261. The third-order valence-electron chi connectivity index (χ3n) is 5.57. The van der Waals surface area contributed by atoms with E-state index in [0.717, 1.165) is 11.1 Å². The van der Waals surface area contributed by atoms with Gasteiger partial charge >= 0.3 is 0 Å². The van der Waals surface area contributed by atoms with Gasteiger partial charge in [0.1, 0.15) is 23.2 Å². The largest absolute Gasteiger partial charge is 0.493 e. The Kier molecular flexibility index (Phi) is 4.04. The number of benzene rings is 2. The summed E-state index contributed by atoms with van der Waals surface area (Å²) in [5, 5.41) is 11.0. The van der Waals surface area contributed by atoms with Crippen molar-refractivity contribution < 1.29 is 28.5 Å². The Morgan fingerprint density at radius 1 is 1.13 bits per heavy atom. The highest BCUT2D eigenvalue weighted by Gasteiger charge is 2.34. The molecule has 30 heavy (non-hydrogen) atoms. The van der Waals surface area contributed by atoms with Gasteiger partial charge in [-0.2, -0.15) is 0 Å². The first-order chi connectivity index (χ1) is 14.4. The Balaban J connectivity index is 1.78. The molecule has 7 heteroatoms. The molecule has 5 rings (SSSR count). The molecule has 1 aromatic heterocycles. The van der Waals surface area contributed by atoms with Gasteiger partial charge < -0.3 is 28.5 Å². The molecule has 2 aliphatic heterocycles. The number of hydrogen-bond donors (Lipinski definition) is 1. The van der Waals surface area contributed by atoms with Gasteiger partial charge in [-0.3, -0.25) is 4.79 Å². The summed E-state index contributed by atoms with van der Waals surface area (Å²) < 4.78 is 28.3. The molecule has 0 saturated heterocycles. The van der Waals surface area contributed by atoms with Gasteiger partial charge in [-0.05, 0) is 30.7 Å². The van der Waals surface area contributed by atoms with Crippen LogP contribution in [0.4, 0.5) is 0 Å². The fourth-order valence-electron chi connectivity index (χ4n) is 4.03. The molecule has 0 bridgehead atoms. The van der Waals surface area contributed by atoms with Crippen LogP contribution < -0.4 is 24.4 Å². The van der Waals surface area contributed by atoms with Crippen LogP contribution in [0.2, 0.25) is 0 Å². The van der Waals surface area contributed by atoms with Crippen molar-refractivity contribution in [1.29, 1.82) is 0 Å². The van der Waals surface area contributed by atoms with Crippen LogP contribution >= 0.6 is 0 Å². The van der Waals surface area contributed by atoms with Gasteiger partial charge in [0.2, 0.25) is 5.43 Å². The second kappa shape index (κ2) is 6.53. The lowest BCUT2D eigenvalue weighted by Crippen LogP contribution is -2.20. The van der Waals surface area contributed by atoms with Gasteiger partial charge in [-0.1, -0.05) is 6.58 Å². The summed E-state index contributed by atoms with van der Waals surface area (Å²) in [7, 11) is 3.01.